The Balaban J connectivity index is 2.96. The van der Waals surface area contributed by atoms with Gasteiger partial charge >= 0.3 is 0 Å². The summed E-state index contributed by atoms with van der Waals surface area (Å²) in [6.45, 7) is 7.02. The van der Waals surface area contributed by atoms with Gasteiger partial charge in [0.1, 0.15) is 5.75 Å². The second-order valence-corrected chi connectivity index (χ2v) is 3.98. The molecule has 72 valence electrons. The highest BCUT2D eigenvalue weighted by atomic mass is 79.9. The first-order valence-electron chi connectivity index (χ1n) is 4.42. The highest BCUT2D eigenvalue weighted by Crippen LogP contribution is 2.25. The van der Waals surface area contributed by atoms with Crippen LogP contribution < -0.4 is 4.74 Å². The number of halogens is 1. The summed E-state index contributed by atoms with van der Waals surface area (Å²) in [7, 11) is 0. The molecule has 0 aliphatic carbocycles. The molecule has 0 saturated carbocycles. The van der Waals surface area contributed by atoms with Crippen LogP contribution in [0, 0.1) is 20.8 Å². The van der Waals surface area contributed by atoms with Gasteiger partial charge in [-0.25, -0.2) is 0 Å². The van der Waals surface area contributed by atoms with Crippen LogP contribution in [0.3, 0.4) is 0 Å². The predicted molar refractivity (Wildman–Crippen MR) is 59.9 cm³/mol. The van der Waals surface area contributed by atoms with Crippen molar-refractivity contribution in [2.24, 2.45) is 0 Å². The summed E-state index contributed by atoms with van der Waals surface area (Å²) in [5.74, 6) is 1.04. The van der Waals surface area contributed by atoms with E-state index in [2.05, 4.69) is 48.8 Å². The standard InChI is InChI=1S/C11H15BrO/c1-8-4-5-9(2)11(10(8)3)13-7-6-12/h4-5H,6-7H2,1-3H3. The molecule has 0 amide bonds. The molecule has 0 unspecified atom stereocenters. The summed E-state index contributed by atoms with van der Waals surface area (Å²) in [6.07, 6.45) is 0. The minimum atomic E-state index is 0.727. The molecule has 0 aromatic heterocycles. The van der Waals surface area contributed by atoms with Gasteiger partial charge in [-0.2, -0.15) is 0 Å². The monoisotopic (exact) mass is 242 g/mol. The Bertz CT molecular complexity index is 294. The molecule has 1 rings (SSSR count). The van der Waals surface area contributed by atoms with Crippen molar-refractivity contribution in [3.05, 3.63) is 28.8 Å². The van der Waals surface area contributed by atoms with Gasteiger partial charge in [-0.15, -0.1) is 0 Å². The SMILES string of the molecule is Cc1ccc(C)c(OCCBr)c1C. The van der Waals surface area contributed by atoms with Crippen LogP contribution in [0.5, 0.6) is 5.75 Å². The van der Waals surface area contributed by atoms with E-state index in [-0.39, 0.29) is 0 Å². The minimum absolute atomic E-state index is 0.727. The van der Waals surface area contributed by atoms with Crippen molar-refractivity contribution >= 4 is 15.9 Å². The van der Waals surface area contributed by atoms with Crippen LogP contribution in [0.1, 0.15) is 16.7 Å². The number of benzene rings is 1. The molecule has 13 heavy (non-hydrogen) atoms. The number of hydrogen-bond donors (Lipinski definition) is 0. The Morgan fingerprint density at radius 3 is 2.38 bits per heavy atom. The molecule has 0 bridgehead atoms. The van der Waals surface area contributed by atoms with Gasteiger partial charge in [0.15, 0.2) is 0 Å². The highest BCUT2D eigenvalue weighted by molar-refractivity contribution is 9.09. The maximum absolute atomic E-state index is 5.65. The largest absolute Gasteiger partial charge is 0.492 e. The predicted octanol–water partition coefficient (Wildman–Crippen LogP) is 3.39. The Kier molecular flexibility index (Phi) is 3.79. The molecule has 0 heterocycles. The molecule has 0 N–H and O–H groups in total. The molecular formula is C11H15BrO. The smallest absolute Gasteiger partial charge is 0.125 e. The third-order valence-electron chi connectivity index (χ3n) is 2.20. The van der Waals surface area contributed by atoms with E-state index in [1.165, 1.54) is 16.7 Å². The first-order valence-corrected chi connectivity index (χ1v) is 5.54. The molecular weight excluding hydrogens is 228 g/mol. The maximum atomic E-state index is 5.65. The van der Waals surface area contributed by atoms with Crippen LogP contribution in [0.25, 0.3) is 0 Å². The van der Waals surface area contributed by atoms with Crippen molar-refractivity contribution < 1.29 is 4.74 Å². The Morgan fingerprint density at radius 1 is 1.15 bits per heavy atom. The molecule has 0 saturated heterocycles. The van der Waals surface area contributed by atoms with Gasteiger partial charge in [0, 0.05) is 5.33 Å². The quantitative estimate of drug-likeness (QED) is 0.739. The van der Waals surface area contributed by atoms with Crippen LogP contribution in [0.15, 0.2) is 12.1 Å². The zero-order valence-electron chi connectivity index (χ0n) is 8.36. The summed E-state index contributed by atoms with van der Waals surface area (Å²) >= 11 is 3.35. The van der Waals surface area contributed by atoms with Gasteiger partial charge in [-0.3, -0.25) is 0 Å². The van der Waals surface area contributed by atoms with Crippen molar-refractivity contribution in [1.82, 2.24) is 0 Å². The zero-order chi connectivity index (χ0) is 9.84. The van der Waals surface area contributed by atoms with Crippen molar-refractivity contribution in [3.63, 3.8) is 0 Å². The molecule has 0 aliphatic heterocycles. The molecule has 0 spiro atoms. The number of alkyl halides is 1. The van der Waals surface area contributed by atoms with Crippen LogP contribution in [0.2, 0.25) is 0 Å². The third kappa shape index (κ3) is 2.47. The van der Waals surface area contributed by atoms with E-state index >= 15 is 0 Å². The average molecular weight is 243 g/mol. The normalized spacial score (nSPS) is 10.2. The van der Waals surface area contributed by atoms with E-state index in [1.807, 2.05) is 0 Å². The van der Waals surface area contributed by atoms with Gasteiger partial charge in [0.25, 0.3) is 0 Å². The van der Waals surface area contributed by atoms with Crippen molar-refractivity contribution in [1.29, 1.82) is 0 Å². The summed E-state index contributed by atoms with van der Waals surface area (Å²) in [4.78, 5) is 0. The minimum Gasteiger partial charge on any atom is -0.492 e. The lowest BCUT2D eigenvalue weighted by molar-refractivity contribution is 0.340. The van der Waals surface area contributed by atoms with Gasteiger partial charge in [0.05, 0.1) is 6.61 Å². The van der Waals surface area contributed by atoms with Crippen LogP contribution in [-0.4, -0.2) is 11.9 Å². The fourth-order valence-electron chi connectivity index (χ4n) is 1.29. The van der Waals surface area contributed by atoms with Gasteiger partial charge < -0.3 is 4.74 Å². The molecule has 1 nitrogen and oxygen atoms in total. The van der Waals surface area contributed by atoms with E-state index in [0.717, 1.165) is 17.7 Å². The lowest BCUT2D eigenvalue weighted by Gasteiger charge is -2.12. The summed E-state index contributed by atoms with van der Waals surface area (Å²) < 4.78 is 5.65. The number of rotatable bonds is 3. The number of ether oxygens (including phenoxy) is 1. The van der Waals surface area contributed by atoms with Crippen molar-refractivity contribution in [2.45, 2.75) is 20.8 Å². The molecule has 0 aliphatic rings. The number of hydrogen-bond acceptors (Lipinski definition) is 1. The van der Waals surface area contributed by atoms with E-state index in [4.69, 9.17) is 4.74 Å². The highest BCUT2D eigenvalue weighted by Gasteiger charge is 2.05. The summed E-state index contributed by atoms with van der Waals surface area (Å²) in [6, 6.07) is 4.23. The fraction of sp³-hybridized carbons (Fsp3) is 0.455. The summed E-state index contributed by atoms with van der Waals surface area (Å²) in [5.41, 5.74) is 3.75. The van der Waals surface area contributed by atoms with E-state index in [1.54, 1.807) is 0 Å². The Labute approximate surface area is 88.2 Å². The second-order valence-electron chi connectivity index (χ2n) is 3.19. The Hall–Kier alpha value is -0.500. The Morgan fingerprint density at radius 2 is 1.77 bits per heavy atom. The van der Waals surface area contributed by atoms with E-state index in [0.29, 0.717) is 0 Å². The molecule has 2 heteroatoms. The first kappa shape index (κ1) is 10.6. The molecule has 0 atom stereocenters. The zero-order valence-corrected chi connectivity index (χ0v) is 9.94. The number of aryl methyl sites for hydroxylation is 2. The second kappa shape index (κ2) is 4.66. The molecule has 1 aromatic carbocycles. The van der Waals surface area contributed by atoms with Gasteiger partial charge in [-0.1, -0.05) is 28.1 Å². The fourth-order valence-corrected chi connectivity index (χ4v) is 1.45. The van der Waals surface area contributed by atoms with Gasteiger partial charge in [0.2, 0.25) is 0 Å². The molecule has 0 fully saturated rings. The van der Waals surface area contributed by atoms with Crippen LogP contribution in [-0.2, 0) is 0 Å². The topological polar surface area (TPSA) is 9.23 Å². The summed E-state index contributed by atoms with van der Waals surface area (Å²) in [5, 5.41) is 0.875. The average Bonchev–Trinajstić information content (AvgIpc) is 2.12. The van der Waals surface area contributed by atoms with E-state index < -0.39 is 0 Å². The van der Waals surface area contributed by atoms with Crippen LogP contribution >= 0.6 is 15.9 Å². The lowest BCUT2D eigenvalue weighted by atomic mass is 10.1. The third-order valence-corrected chi connectivity index (χ3v) is 2.52. The molecule has 1 aromatic rings. The van der Waals surface area contributed by atoms with Crippen molar-refractivity contribution in [2.75, 3.05) is 11.9 Å². The van der Waals surface area contributed by atoms with E-state index in [9.17, 15) is 0 Å². The van der Waals surface area contributed by atoms with Crippen LogP contribution in [0.4, 0.5) is 0 Å². The lowest BCUT2D eigenvalue weighted by Crippen LogP contribution is -2.02. The van der Waals surface area contributed by atoms with Gasteiger partial charge in [-0.05, 0) is 37.5 Å². The first-order chi connectivity index (χ1) is 6.16. The molecule has 0 radical (unpaired) electrons. The maximum Gasteiger partial charge on any atom is 0.125 e. The van der Waals surface area contributed by atoms with Crippen molar-refractivity contribution in [3.8, 4) is 5.75 Å².